The number of rotatable bonds is 3. The van der Waals surface area contributed by atoms with Crippen molar-refractivity contribution in [2.24, 2.45) is 0 Å². The van der Waals surface area contributed by atoms with Gasteiger partial charge in [-0.15, -0.1) is 0 Å². The third-order valence-corrected chi connectivity index (χ3v) is 3.61. The molecule has 0 bridgehead atoms. The minimum Gasteiger partial charge on any atom is -0.389 e. The van der Waals surface area contributed by atoms with Gasteiger partial charge in [0.1, 0.15) is 10.1 Å². The average Bonchev–Trinajstić information content (AvgIpc) is 2.32. The van der Waals surface area contributed by atoms with E-state index in [1.54, 1.807) is 19.3 Å². The van der Waals surface area contributed by atoms with Gasteiger partial charge in [-0.05, 0) is 52.8 Å². The van der Waals surface area contributed by atoms with Crippen LogP contribution in [0.1, 0.15) is 18.6 Å². The molecule has 2 rings (SSSR count). The third kappa shape index (κ3) is 3.28. The first-order valence-electron chi connectivity index (χ1n) is 5.09. The van der Waals surface area contributed by atoms with Crippen molar-refractivity contribution in [2.45, 2.75) is 23.1 Å². The van der Waals surface area contributed by atoms with Crippen molar-refractivity contribution in [2.75, 3.05) is 0 Å². The molecule has 17 heavy (non-hydrogen) atoms. The van der Waals surface area contributed by atoms with Gasteiger partial charge in [0.05, 0.1) is 6.10 Å². The highest BCUT2D eigenvalue weighted by Crippen LogP contribution is 2.30. The Kier molecular flexibility index (Phi) is 4.15. The molecule has 2 heterocycles. The Morgan fingerprint density at radius 2 is 2.12 bits per heavy atom. The predicted octanol–water partition coefficient (Wildman–Crippen LogP) is 3.44. The Balaban J connectivity index is 2.26. The molecule has 0 fully saturated rings. The SMILES string of the molecule is CC(O)c1cccnc1Sc1ccc(Br)cn1. The molecule has 1 N–H and O–H groups in total. The lowest BCUT2D eigenvalue weighted by molar-refractivity contribution is 0.195. The van der Waals surface area contributed by atoms with Crippen molar-refractivity contribution in [1.82, 2.24) is 9.97 Å². The fraction of sp³-hybridized carbons (Fsp3) is 0.167. The Bertz CT molecular complexity index is 502. The van der Waals surface area contributed by atoms with Crippen LogP contribution in [-0.2, 0) is 0 Å². The lowest BCUT2D eigenvalue weighted by Crippen LogP contribution is -1.96. The first kappa shape index (κ1) is 12.5. The summed E-state index contributed by atoms with van der Waals surface area (Å²) in [6, 6.07) is 7.54. The molecular formula is C12H11BrN2OS. The van der Waals surface area contributed by atoms with Crippen molar-refractivity contribution >= 4 is 27.7 Å². The van der Waals surface area contributed by atoms with E-state index in [1.807, 2.05) is 24.3 Å². The normalized spacial score (nSPS) is 12.4. The van der Waals surface area contributed by atoms with E-state index >= 15 is 0 Å². The molecule has 1 unspecified atom stereocenters. The molecule has 0 aliphatic heterocycles. The second kappa shape index (κ2) is 5.62. The van der Waals surface area contributed by atoms with E-state index in [1.165, 1.54) is 11.8 Å². The zero-order valence-corrected chi connectivity index (χ0v) is 11.6. The molecule has 0 spiro atoms. The van der Waals surface area contributed by atoms with E-state index in [9.17, 15) is 5.11 Å². The van der Waals surface area contributed by atoms with Crippen LogP contribution in [0.5, 0.6) is 0 Å². The van der Waals surface area contributed by atoms with Crippen LogP contribution in [0.25, 0.3) is 0 Å². The van der Waals surface area contributed by atoms with Gasteiger partial charge in [0, 0.05) is 22.4 Å². The summed E-state index contributed by atoms with van der Waals surface area (Å²) in [7, 11) is 0. The van der Waals surface area contributed by atoms with Crippen molar-refractivity contribution in [3.05, 3.63) is 46.7 Å². The monoisotopic (exact) mass is 310 g/mol. The van der Waals surface area contributed by atoms with Gasteiger partial charge < -0.3 is 5.11 Å². The van der Waals surface area contributed by atoms with Crippen LogP contribution in [0.3, 0.4) is 0 Å². The van der Waals surface area contributed by atoms with Crippen molar-refractivity contribution in [1.29, 1.82) is 0 Å². The second-order valence-electron chi connectivity index (χ2n) is 3.49. The number of nitrogens with zero attached hydrogens (tertiary/aromatic N) is 2. The highest BCUT2D eigenvalue weighted by atomic mass is 79.9. The van der Waals surface area contributed by atoms with Gasteiger partial charge in [-0.25, -0.2) is 9.97 Å². The van der Waals surface area contributed by atoms with Gasteiger partial charge in [0.2, 0.25) is 0 Å². The van der Waals surface area contributed by atoms with E-state index in [0.717, 1.165) is 20.1 Å². The summed E-state index contributed by atoms with van der Waals surface area (Å²) in [5.41, 5.74) is 0.821. The Morgan fingerprint density at radius 1 is 1.29 bits per heavy atom. The van der Waals surface area contributed by atoms with Gasteiger partial charge in [-0.3, -0.25) is 0 Å². The van der Waals surface area contributed by atoms with Gasteiger partial charge in [-0.2, -0.15) is 0 Å². The number of aliphatic hydroxyl groups excluding tert-OH is 1. The molecule has 0 amide bonds. The van der Waals surface area contributed by atoms with Gasteiger partial charge in [-0.1, -0.05) is 6.07 Å². The molecule has 2 aromatic rings. The summed E-state index contributed by atoms with van der Waals surface area (Å²) in [5, 5.41) is 11.3. The standard InChI is InChI=1S/C12H11BrN2OS/c1-8(16)10-3-2-6-14-12(10)17-11-5-4-9(13)7-15-11/h2-8,16H,1H3. The maximum absolute atomic E-state index is 9.65. The summed E-state index contributed by atoms with van der Waals surface area (Å²) < 4.78 is 0.943. The highest BCUT2D eigenvalue weighted by Gasteiger charge is 2.10. The summed E-state index contributed by atoms with van der Waals surface area (Å²) in [6.07, 6.45) is 2.93. The molecule has 3 nitrogen and oxygen atoms in total. The number of hydrogen-bond acceptors (Lipinski definition) is 4. The lowest BCUT2D eigenvalue weighted by atomic mass is 10.2. The van der Waals surface area contributed by atoms with Gasteiger partial charge >= 0.3 is 0 Å². The highest BCUT2D eigenvalue weighted by molar-refractivity contribution is 9.10. The van der Waals surface area contributed by atoms with Crippen LogP contribution in [0.15, 0.2) is 51.2 Å². The lowest BCUT2D eigenvalue weighted by Gasteiger charge is -2.09. The van der Waals surface area contributed by atoms with Crippen molar-refractivity contribution < 1.29 is 5.11 Å². The predicted molar refractivity (Wildman–Crippen MR) is 70.9 cm³/mol. The van der Waals surface area contributed by atoms with E-state index in [-0.39, 0.29) is 0 Å². The van der Waals surface area contributed by atoms with Crippen molar-refractivity contribution in [3.63, 3.8) is 0 Å². The molecule has 0 radical (unpaired) electrons. The van der Waals surface area contributed by atoms with Crippen LogP contribution in [-0.4, -0.2) is 15.1 Å². The Labute approximate surface area is 112 Å². The van der Waals surface area contributed by atoms with E-state index < -0.39 is 6.10 Å². The minimum absolute atomic E-state index is 0.526. The molecule has 0 saturated carbocycles. The van der Waals surface area contributed by atoms with Crippen LogP contribution in [0.2, 0.25) is 0 Å². The van der Waals surface area contributed by atoms with Gasteiger partial charge in [0.25, 0.3) is 0 Å². The van der Waals surface area contributed by atoms with E-state index in [2.05, 4.69) is 25.9 Å². The Morgan fingerprint density at radius 3 is 2.76 bits per heavy atom. The molecule has 5 heteroatoms. The van der Waals surface area contributed by atoms with Crippen LogP contribution in [0, 0.1) is 0 Å². The number of halogens is 1. The molecule has 2 aromatic heterocycles. The molecule has 0 aromatic carbocycles. The minimum atomic E-state index is -0.526. The van der Waals surface area contributed by atoms with Crippen LogP contribution in [0.4, 0.5) is 0 Å². The smallest absolute Gasteiger partial charge is 0.108 e. The quantitative estimate of drug-likeness (QED) is 0.943. The fourth-order valence-corrected chi connectivity index (χ4v) is 2.47. The molecule has 0 saturated heterocycles. The molecule has 88 valence electrons. The fourth-order valence-electron chi connectivity index (χ4n) is 1.33. The summed E-state index contributed by atoms with van der Waals surface area (Å²) >= 11 is 4.79. The molecule has 1 atom stereocenters. The number of pyridine rings is 2. The molecule has 0 aliphatic carbocycles. The zero-order chi connectivity index (χ0) is 12.3. The van der Waals surface area contributed by atoms with E-state index in [4.69, 9.17) is 0 Å². The third-order valence-electron chi connectivity index (χ3n) is 2.15. The van der Waals surface area contributed by atoms with Crippen molar-refractivity contribution in [3.8, 4) is 0 Å². The maximum atomic E-state index is 9.65. The van der Waals surface area contributed by atoms with Crippen LogP contribution < -0.4 is 0 Å². The van der Waals surface area contributed by atoms with Gasteiger partial charge in [0.15, 0.2) is 0 Å². The largest absolute Gasteiger partial charge is 0.389 e. The number of aromatic nitrogens is 2. The first-order chi connectivity index (χ1) is 8.16. The maximum Gasteiger partial charge on any atom is 0.108 e. The van der Waals surface area contributed by atoms with E-state index in [0.29, 0.717) is 0 Å². The summed E-state index contributed by atoms with van der Waals surface area (Å²) in [5.74, 6) is 0. The first-order valence-corrected chi connectivity index (χ1v) is 6.70. The number of aliphatic hydroxyl groups is 1. The van der Waals surface area contributed by atoms with Crippen LogP contribution >= 0.6 is 27.7 Å². The molecular weight excluding hydrogens is 300 g/mol. The second-order valence-corrected chi connectivity index (χ2v) is 5.42. The molecule has 0 aliphatic rings. The number of hydrogen-bond donors (Lipinski definition) is 1. The zero-order valence-electron chi connectivity index (χ0n) is 9.17. The summed E-state index contributed by atoms with van der Waals surface area (Å²) in [4.78, 5) is 8.54. The topological polar surface area (TPSA) is 46.0 Å². The average molecular weight is 311 g/mol. The summed E-state index contributed by atoms with van der Waals surface area (Å²) in [6.45, 7) is 1.73. The Hall–Kier alpha value is -0.910.